The predicted molar refractivity (Wildman–Crippen MR) is 75.5 cm³/mol. The fraction of sp³-hybridized carbons (Fsp3) is 0.312. The van der Waals surface area contributed by atoms with Crippen LogP contribution in [0.1, 0.15) is 29.9 Å². The van der Waals surface area contributed by atoms with Crippen molar-refractivity contribution in [1.29, 1.82) is 0 Å². The SMILES string of the molecule is FC(F)(F)Oc1cc(CNc2cc[c]cn2)cc(C2CC2)c1. The van der Waals surface area contributed by atoms with Gasteiger partial charge in [-0.1, -0.05) is 6.07 Å². The van der Waals surface area contributed by atoms with E-state index in [-0.39, 0.29) is 5.75 Å². The topological polar surface area (TPSA) is 34.1 Å². The van der Waals surface area contributed by atoms with Gasteiger partial charge in [0.1, 0.15) is 11.6 Å². The molecule has 0 atom stereocenters. The Kier molecular flexibility index (Phi) is 3.92. The zero-order chi connectivity index (χ0) is 15.6. The lowest BCUT2D eigenvalue weighted by Gasteiger charge is -2.13. The molecule has 0 amide bonds. The number of nitrogens with zero attached hydrogens (tertiary/aromatic N) is 1. The van der Waals surface area contributed by atoms with Crippen LogP contribution in [0.3, 0.4) is 0 Å². The second-order valence-electron chi connectivity index (χ2n) is 5.23. The molecule has 1 fully saturated rings. The number of halogens is 3. The van der Waals surface area contributed by atoms with E-state index in [1.807, 2.05) is 6.07 Å². The van der Waals surface area contributed by atoms with Crippen LogP contribution in [0.5, 0.6) is 5.75 Å². The number of hydrogen-bond donors (Lipinski definition) is 1. The van der Waals surface area contributed by atoms with Gasteiger partial charge in [0, 0.05) is 18.8 Å². The van der Waals surface area contributed by atoms with E-state index in [0.717, 1.165) is 24.0 Å². The van der Waals surface area contributed by atoms with Crippen molar-refractivity contribution in [3.63, 3.8) is 0 Å². The van der Waals surface area contributed by atoms with Crippen LogP contribution in [0.25, 0.3) is 0 Å². The average molecular weight is 307 g/mol. The smallest absolute Gasteiger partial charge is 0.406 e. The number of anilines is 1. The van der Waals surface area contributed by atoms with Crippen LogP contribution in [0, 0.1) is 6.07 Å². The zero-order valence-corrected chi connectivity index (χ0v) is 11.7. The Hall–Kier alpha value is -2.24. The minimum absolute atomic E-state index is 0.164. The van der Waals surface area contributed by atoms with Gasteiger partial charge in [-0.2, -0.15) is 0 Å². The highest BCUT2D eigenvalue weighted by Crippen LogP contribution is 2.42. The molecule has 1 saturated carbocycles. The number of ether oxygens (including phenoxy) is 1. The molecule has 1 aromatic carbocycles. The molecule has 1 aliphatic rings. The summed E-state index contributed by atoms with van der Waals surface area (Å²) in [6, 6.07) is 11.1. The number of benzene rings is 1. The van der Waals surface area contributed by atoms with E-state index in [2.05, 4.69) is 21.1 Å². The van der Waals surface area contributed by atoms with Crippen molar-refractivity contribution in [2.75, 3.05) is 5.32 Å². The highest BCUT2D eigenvalue weighted by Gasteiger charge is 2.32. The van der Waals surface area contributed by atoms with E-state index < -0.39 is 6.36 Å². The van der Waals surface area contributed by atoms with Crippen LogP contribution < -0.4 is 10.1 Å². The van der Waals surface area contributed by atoms with Crippen LogP contribution in [-0.4, -0.2) is 11.3 Å². The number of nitrogens with one attached hydrogen (secondary N) is 1. The lowest BCUT2D eigenvalue weighted by Crippen LogP contribution is -2.17. The maximum absolute atomic E-state index is 12.4. The van der Waals surface area contributed by atoms with Crippen LogP contribution in [0.2, 0.25) is 0 Å². The molecule has 1 N–H and O–H groups in total. The summed E-state index contributed by atoms with van der Waals surface area (Å²) in [6.07, 6.45) is -1.12. The first kappa shape index (κ1) is 14.7. The summed E-state index contributed by atoms with van der Waals surface area (Å²) < 4.78 is 41.3. The highest BCUT2D eigenvalue weighted by molar-refractivity contribution is 5.41. The molecule has 0 unspecified atom stereocenters. The van der Waals surface area contributed by atoms with Gasteiger partial charge in [-0.05, 0) is 54.2 Å². The van der Waals surface area contributed by atoms with E-state index in [0.29, 0.717) is 18.3 Å². The first-order chi connectivity index (χ1) is 10.5. The second-order valence-corrected chi connectivity index (χ2v) is 5.23. The Morgan fingerprint density at radius 1 is 1.27 bits per heavy atom. The van der Waals surface area contributed by atoms with Gasteiger partial charge in [-0.15, -0.1) is 13.2 Å². The molecule has 0 saturated heterocycles. The third-order valence-electron chi connectivity index (χ3n) is 3.36. The Labute approximate surface area is 126 Å². The Balaban J connectivity index is 1.77. The van der Waals surface area contributed by atoms with Gasteiger partial charge < -0.3 is 10.1 Å². The summed E-state index contributed by atoms with van der Waals surface area (Å²) >= 11 is 0. The van der Waals surface area contributed by atoms with Crippen LogP contribution in [0.15, 0.2) is 36.5 Å². The molecule has 2 aromatic rings. The summed E-state index contributed by atoms with van der Waals surface area (Å²) in [5.74, 6) is 0.830. The van der Waals surface area contributed by atoms with E-state index in [4.69, 9.17) is 0 Å². The Bertz CT molecular complexity index is 640. The first-order valence-corrected chi connectivity index (χ1v) is 6.95. The molecule has 115 valence electrons. The Morgan fingerprint density at radius 3 is 2.73 bits per heavy atom. The van der Waals surface area contributed by atoms with Crippen LogP contribution >= 0.6 is 0 Å². The molecule has 0 spiro atoms. The normalized spacial score (nSPS) is 14.7. The van der Waals surface area contributed by atoms with Gasteiger partial charge in [-0.25, -0.2) is 4.98 Å². The number of rotatable bonds is 5. The predicted octanol–water partition coefficient (Wildman–Crippen LogP) is 4.27. The molecule has 1 aliphatic carbocycles. The largest absolute Gasteiger partial charge is 0.573 e. The van der Waals surface area contributed by atoms with Crippen molar-refractivity contribution in [1.82, 2.24) is 4.98 Å². The monoisotopic (exact) mass is 307 g/mol. The Morgan fingerprint density at radius 2 is 2.09 bits per heavy atom. The third kappa shape index (κ3) is 4.13. The van der Waals surface area contributed by atoms with Gasteiger partial charge in [0.05, 0.1) is 0 Å². The van der Waals surface area contributed by atoms with Crippen molar-refractivity contribution >= 4 is 5.82 Å². The van der Waals surface area contributed by atoms with Crippen molar-refractivity contribution in [2.24, 2.45) is 0 Å². The van der Waals surface area contributed by atoms with E-state index in [9.17, 15) is 13.2 Å². The lowest BCUT2D eigenvalue weighted by atomic mass is 10.1. The van der Waals surface area contributed by atoms with Gasteiger partial charge >= 0.3 is 6.36 Å². The average Bonchev–Trinajstić information content (AvgIpc) is 3.29. The van der Waals surface area contributed by atoms with Crippen LogP contribution in [0.4, 0.5) is 19.0 Å². The molecule has 6 heteroatoms. The molecule has 1 heterocycles. The van der Waals surface area contributed by atoms with E-state index in [1.54, 1.807) is 12.1 Å². The molecule has 3 nitrogen and oxygen atoms in total. The maximum atomic E-state index is 12.4. The van der Waals surface area contributed by atoms with Gasteiger partial charge in [0.2, 0.25) is 0 Å². The molecule has 0 aliphatic heterocycles. The number of hydrogen-bond acceptors (Lipinski definition) is 3. The van der Waals surface area contributed by atoms with Crippen molar-refractivity contribution in [3.05, 3.63) is 53.7 Å². The summed E-state index contributed by atoms with van der Waals surface area (Å²) in [4.78, 5) is 4.07. The van der Waals surface area contributed by atoms with Gasteiger partial charge in [0.15, 0.2) is 0 Å². The molecule has 1 aromatic heterocycles. The molecular formula is C16H14F3N2O. The quantitative estimate of drug-likeness (QED) is 0.895. The standard InChI is InChI=1S/C16H14F3N2O/c17-16(18,19)22-14-8-11(7-13(9-14)12-4-5-12)10-21-15-3-1-2-6-20-15/h1,3,6-9,12H,4-5,10H2,(H,20,21). The van der Waals surface area contributed by atoms with E-state index >= 15 is 0 Å². The molecule has 0 bridgehead atoms. The molecular weight excluding hydrogens is 293 g/mol. The number of pyridine rings is 1. The molecule has 22 heavy (non-hydrogen) atoms. The molecule has 1 radical (unpaired) electrons. The van der Waals surface area contributed by atoms with E-state index in [1.165, 1.54) is 18.3 Å². The molecule has 3 rings (SSSR count). The van der Waals surface area contributed by atoms with Crippen molar-refractivity contribution in [3.8, 4) is 5.75 Å². The number of aromatic nitrogens is 1. The third-order valence-corrected chi connectivity index (χ3v) is 3.36. The highest BCUT2D eigenvalue weighted by atomic mass is 19.4. The fourth-order valence-electron chi connectivity index (χ4n) is 2.25. The summed E-state index contributed by atoms with van der Waals surface area (Å²) in [5.41, 5.74) is 1.63. The fourth-order valence-corrected chi connectivity index (χ4v) is 2.25. The minimum Gasteiger partial charge on any atom is -0.406 e. The second kappa shape index (κ2) is 5.87. The summed E-state index contributed by atoms with van der Waals surface area (Å²) in [6.45, 7) is 0.381. The van der Waals surface area contributed by atoms with Gasteiger partial charge in [-0.3, -0.25) is 0 Å². The summed E-state index contributed by atoms with van der Waals surface area (Å²) in [5, 5.41) is 3.07. The number of alkyl halides is 3. The van der Waals surface area contributed by atoms with Gasteiger partial charge in [0.25, 0.3) is 0 Å². The van der Waals surface area contributed by atoms with Crippen molar-refractivity contribution < 1.29 is 17.9 Å². The zero-order valence-electron chi connectivity index (χ0n) is 11.7. The van der Waals surface area contributed by atoms with Crippen molar-refractivity contribution in [2.45, 2.75) is 31.7 Å². The maximum Gasteiger partial charge on any atom is 0.573 e. The van der Waals surface area contributed by atoms with Crippen LogP contribution in [-0.2, 0) is 6.54 Å². The first-order valence-electron chi connectivity index (χ1n) is 6.95. The lowest BCUT2D eigenvalue weighted by molar-refractivity contribution is -0.274. The summed E-state index contributed by atoms with van der Waals surface area (Å²) in [7, 11) is 0. The minimum atomic E-state index is -4.68.